The number of anilines is 2. The van der Waals surface area contributed by atoms with Crippen molar-refractivity contribution in [2.24, 2.45) is 0 Å². The smallest absolute Gasteiger partial charge is 0.210 e. The molecule has 0 amide bonds. The monoisotopic (exact) mass is 513 g/mol. The van der Waals surface area contributed by atoms with Gasteiger partial charge in [-0.1, -0.05) is 36.4 Å². The molecular formula is C29H35N7S. The molecule has 0 unspecified atom stereocenters. The van der Waals surface area contributed by atoms with Crippen molar-refractivity contribution in [3.8, 4) is 28.1 Å². The minimum atomic E-state index is 0.995. The summed E-state index contributed by atoms with van der Waals surface area (Å²) in [5.74, 6) is 1.03. The summed E-state index contributed by atoms with van der Waals surface area (Å²) in [6.07, 6.45) is 1.99. The third kappa shape index (κ3) is 4.89. The van der Waals surface area contributed by atoms with Crippen molar-refractivity contribution in [3.05, 3.63) is 65.8 Å². The fourth-order valence-corrected chi connectivity index (χ4v) is 6.15. The first kappa shape index (κ1) is 24.2. The van der Waals surface area contributed by atoms with E-state index >= 15 is 0 Å². The van der Waals surface area contributed by atoms with E-state index in [9.17, 15) is 0 Å². The van der Waals surface area contributed by atoms with Crippen LogP contribution in [-0.4, -0.2) is 90.8 Å². The molecule has 8 heteroatoms. The first-order valence-corrected chi connectivity index (χ1v) is 14.0. The average Bonchev–Trinajstić information content (AvgIpc) is 3.57. The van der Waals surface area contributed by atoms with Gasteiger partial charge in [0, 0.05) is 74.7 Å². The third-order valence-corrected chi connectivity index (χ3v) is 8.49. The fourth-order valence-electron chi connectivity index (χ4n) is 5.27. The van der Waals surface area contributed by atoms with Crippen molar-refractivity contribution in [1.82, 2.24) is 24.3 Å². The van der Waals surface area contributed by atoms with E-state index in [2.05, 4.69) is 99.1 Å². The lowest BCUT2D eigenvalue weighted by atomic mass is 9.97. The van der Waals surface area contributed by atoms with E-state index in [1.165, 1.54) is 16.7 Å². The molecule has 192 valence electrons. The van der Waals surface area contributed by atoms with Gasteiger partial charge in [0.05, 0.1) is 11.9 Å². The zero-order valence-corrected chi connectivity index (χ0v) is 22.8. The highest BCUT2D eigenvalue weighted by atomic mass is 32.1. The molecule has 7 nitrogen and oxygen atoms in total. The molecule has 4 heterocycles. The highest BCUT2D eigenvalue weighted by molar-refractivity contribution is 7.14. The van der Waals surface area contributed by atoms with Crippen molar-refractivity contribution in [2.75, 3.05) is 76.3 Å². The Morgan fingerprint density at radius 3 is 2.16 bits per heavy atom. The summed E-state index contributed by atoms with van der Waals surface area (Å²) >= 11 is 1.75. The van der Waals surface area contributed by atoms with E-state index in [0.717, 1.165) is 80.5 Å². The molecule has 0 atom stereocenters. The number of rotatable bonds is 5. The van der Waals surface area contributed by atoms with Crippen LogP contribution in [0.25, 0.3) is 28.1 Å². The first-order valence-electron chi connectivity index (χ1n) is 13.1. The minimum absolute atomic E-state index is 0.995. The molecule has 2 fully saturated rings. The van der Waals surface area contributed by atoms with Crippen LogP contribution < -0.4 is 9.80 Å². The normalized spacial score (nSPS) is 17.5. The maximum atomic E-state index is 5.08. The first-order chi connectivity index (χ1) is 18.1. The van der Waals surface area contributed by atoms with Crippen molar-refractivity contribution < 1.29 is 0 Å². The van der Waals surface area contributed by atoms with Gasteiger partial charge in [0.2, 0.25) is 5.95 Å². The zero-order valence-electron chi connectivity index (χ0n) is 22.0. The number of nitrogens with zero attached hydrogens (tertiary/aromatic N) is 7. The number of hydrogen-bond acceptors (Lipinski definition) is 7. The van der Waals surface area contributed by atoms with Gasteiger partial charge in [-0.25, -0.2) is 9.97 Å². The van der Waals surface area contributed by atoms with E-state index in [1.54, 1.807) is 11.3 Å². The summed E-state index contributed by atoms with van der Waals surface area (Å²) in [6, 6.07) is 17.5. The summed E-state index contributed by atoms with van der Waals surface area (Å²) in [4.78, 5) is 19.5. The van der Waals surface area contributed by atoms with E-state index < -0.39 is 0 Å². The Bertz CT molecular complexity index is 1360. The van der Waals surface area contributed by atoms with Crippen molar-refractivity contribution >= 4 is 22.4 Å². The van der Waals surface area contributed by atoms with Crippen LogP contribution in [0.5, 0.6) is 0 Å². The van der Waals surface area contributed by atoms with E-state index in [-0.39, 0.29) is 0 Å². The van der Waals surface area contributed by atoms with Gasteiger partial charge >= 0.3 is 0 Å². The van der Waals surface area contributed by atoms with Gasteiger partial charge in [-0.05, 0) is 44.3 Å². The molecule has 0 N–H and O–H groups in total. The highest BCUT2D eigenvalue weighted by Gasteiger charge is 2.21. The Hall–Kier alpha value is -3.20. The molecule has 2 aromatic carbocycles. The summed E-state index contributed by atoms with van der Waals surface area (Å²) < 4.78 is 2.30. The number of hydrogen-bond donors (Lipinski definition) is 0. The van der Waals surface area contributed by atoms with Crippen LogP contribution in [0, 0.1) is 6.92 Å². The topological polar surface area (TPSA) is 43.7 Å². The number of aryl methyl sites for hydroxylation is 1. The van der Waals surface area contributed by atoms with Crippen LogP contribution in [0.2, 0.25) is 0 Å². The molecular weight excluding hydrogens is 478 g/mol. The standard InChI is InChI=1S/C29H35N7S/c1-22-20-30-28(34-15-11-32(2)12-16-34)36(22)24-8-6-7-23(19-24)25-9-4-5-10-26(25)27-21-37-29(31-27)35-17-13-33(3)14-18-35/h4-10,19-21H,11-18H2,1-3H3. The lowest BCUT2D eigenvalue weighted by molar-refractivity contribution is 0.310. The van der Waals surface area contributed by atoms with Gasteiger partial charge in [0.1, 0.15) is 0 Å². The van der Waals surface area contributed by atoms with E-state index in [4.69, 9.17) is 9.97 Å². The second kappa shape index (κ2) is 10.3. The zero-order chi connectivity index (χ0) is 25.4. The predicted octanol–water partition coefficient (Wildman–Crippen LogP) is 4.47. The van der Waals surface area contributed by atoms with Gasteiger partial charge in [-0.3, -0.25) is 4.57 Å². The molecule has 6 rings (SSSR count). The maximum absolute atomic E-state index is 5.08. The number of piperazine rings is 2. The van der Waals surface area contributed by atoms with Gasteiger partial charge in [0.15, 0.2) is 5.13 Å². The Balaban J connectivity index is 1.33. The summed E-state index contributed by atoms with van der Waals surface area (Å²) in [6.45, 7) is 10.5. The fraction of sp³-hybridized carbons (Fsp3) is 0.379. The van der Waals surface area contributed by atoms with Gasteiger partial charge < -0.3 is 19.6 Å². The van der Waals surface area contributed by atoms with Crippen LogP contribution in [-0.2, 0) is 0 Å². The maximum Gasteiger partial charge on any atom is 0.210 e. The molecule has 37 heavy (non-hydrogen) atoms. The number of aromatic nitrogens is 3. The average molecular weight is 514 g/mol. The largest absolute Gasteiger partial charge is 0.346 e. The molecule has 2 saturated heterocycles. The van der Waals surface area contributed by atoms with Crippen molar-refractivity contribution in [2.45, 2.75) is 6.92 Å². The quantitative estimate of drug-likeness (QED) is 0.392. The molecule has 0 spiro atoms. The van der Waals surface area contributed by atoms with Gasteiger partial charge in [0.25, 0.3) is 0 Å². The molecule has 2 aromatic heterocycles. The van der Waals surface area contributed by atoms with Gasteiger partial charge in [-0.15, -0.1) is 11.3 Å². The molecule has 0 radical (unpaired) electrons. The Kier molecular flexibility index (Phi) is 6.71. The molecule has 4 aromatic rings. The summed E-state index contributed by atoms with van der Waals surface area (Å²) in [5, 5.41) is 3.33. The third-order valence-electron chi connectivity index (χ3n) is 7.59. The van der Waals surface area contributed by atoms with Crippen LogP contribution >= 0.6 is 11.3 Å². The molecule has 2 aliphatic heterocycles. The van der Waals surface area contributed by atoms with Crippen LogP contribution in [0.3, 0.4) is 0 Å². The second-order valence-electron chi connectivity index (χ2n) is 10.2. The van der Waals surface area contributed by atoms with Crippen LogP contribution in [0.1, 0.15) is 5.69 Å². The Labute approximate surface area is 223 Å². The number of benzene rings is 2. The molecule has 0 saturated carbocycles. The number of thiazole rings is 1. The summed E-state index contributed by atoms with van der Waals surface area (Å²) in [5.41, 5.74) is 6.93. The summed E-state index contributed by atoms with van der Waals surface area (Å²) in [7, 11) is 4.38. The lowest BCUT2D eigenvalue weighted by Crippen LogP contribution is -2.45. The van der Waals surface area contributed by atoms with Crippen molar-refractivity contribution in [3.63, 3.8) is 0 Å². The predicted molar refractivity (Wildman–Crippen MR) is 154 cm³/mol. The number of imidazole rings is 1. The van der Waals surface area contributed by atoms with Gasteiger partial charge in [-0.2, -0.15) is 0 Å². The van der Waals surface area contributed by atoms with E-state index in [1.807, 2.05) is 6.20 Å². The highest BCUT2D eigenvalue weighted by Crippen LogP contribution is 2.36. The van der Waals surface area contributed by atoms with E-state index in [0.29, 0.717) is 0 Å². The molecule has 0 aliphatic carbocycles. The minimum Gasteiger partial charge on any atom is -0.346 e. The Morgan fingerprint density at radius 1 is 0.757 bits per heavy atom. The SMILES string of the molecule is Cc1cnc(N2CCN(C)CC2)n1-c1cccc(-c2ccccc2-c2csc(N3CCN(C)CC3)n2)c1. The lowest BCUT2D eigenvalue weighted by Gasteiger charge is -2.33. The molecule has 2 aliphatic rings. The Morgan fingerprint density at radius 2 is 1.43 bits per heavy atom. The second-order valence-corrected chi connectivity index (χ2v) is 11.1. The van der Waals surface area contributed by atoms with Crippen molar-refractivity contribution in [1.29, 1.82) is 0 Å². The number of likely N-dealkylation sites (N-methyl/N-ethyl adjacent to an activating group) is 2. The molecule has 0 bridgehead atoms. The van der Waals surface area contributed by atoms with Crippen LogP contribution in [0.15, 0.2) is 60.1 Å². The van der Waals surface area contributed by atoms with Crippen LogP contribution in [0.4, 0.5) is 11.1 Å².